The Balaban J connectivity index is 1.58. The van der Waals surface area contributed by atoms with Gasteiger partial charge in [0, 0.05) is 7.11 Å². The zero-order valence-electron chi connectivity index (χ0n) is 15.6. The third kappa shape index (κ3) is 4.88. The second kappa shape index (κ2) is 9.74. The molecule has 13 heteroatoms. The van der Waals surface area contributed by atoms with Crippen molar-refractivity contribution in [2.45, 2.75) is 73.8 Å². The van der Waals surface area contributed by atoms with Crippen molar-refractivity contribution in [1.82, 2.24) is 0 Å². The molecule has 0 amide bonds. The zero-order valence-corrected chi connectivity index (χ0v) is 15.6. The molecular formula is C16H28O13. The first kappa shape index (κ1) is 23.1. The Morgan fingerprint density at radius 3 is 1.76 bits per heavy atom. The van der Waals surface area contributed by atoms with E-state index < -0.39 is 73.8 Å². The highest BCUT2D eigenvalue weighted by Crippen LogP contribution is 2.27. The zero-order chi connectivity index (χ0) is 21.3. The molecule has 3 heterocycles. The van der Waals surface area contributed by atoms with Crippen molar-refractivity contribution < 1.29 is 64.2 Å². The SMILES string of the molecule is CO[C@@H]1OC[C@@H](O)[C@@H](O)[C@@H]1O[C@@H]1OC[C@@H](O[C@@H]2OC[C@@H](O)[C@@H](O)[C@@H]2O)[C@@H](O)[C@@H]1O. The fourth-order valence-corrected chi connectivity index (χ4v) is 3.35. The number of methoxy groups -OCH3 is 1. The molecule has 3 saturated heterocycles. The van der Waals surface area contributed by atoms with Crippen molar-refractivity contribution >= 4 is 0 Å². The molecule has 3 rings (SSSR count). The number of ether oxygens (including phenoxy) is 6. The van der Waals surface area contributed by atoms with Crippen molar-refractivity contribution in [1.29, 1.82) is 0 Å². The van der Waals surface area contributed by atoms with Crippen molar-refractivity contribution in [3.8, 4) is 0 Å². The van der Waals surface area contributed by atoms with Gasteiger partial charge in [-0.2, -0.15) is 0 Å². The van der Waals surface area contributed by atoms with Crippen LogP contribution in [-0.2, 0) is 28.4 Å². The van der Waals surface area contributed by atoms with Gasteiger partial charge in [-0.15, -0.1) is 0 Å². The first-order valence-electron chi connectivity index (χ1n) is 9.19. The van der Waals surface area contributed by atoms with Crippen molar-refractivity contribution in [3.05, 3.63) is 0 Å². The highest BCUT2D eigenvalue weighted by molar-refractivity contribution is 4.90. The summed E-state index contributed by atoms with van der Waals surface area (Å²) in [4.78, 5) is 0. The van der Waals surface area contributed by atoms with Gasteiger partial charge in [-0.05, 0) is 0 Å². The molecular weight excluding hydrogens is 400 g/mol. The van der Waals surface area contributed by atoms with Crippen LogP contribution in [-0.4, -0.2) is 136 Å². The summed E-state index contributed by atoms with van der Waals surface area (Å²) in [5.74, 6) is 0. The minimum Gasteiger partial charge on any atom is -0.388 e. The van der Waals surface area contributed by atoms with Gasteiger partial charge in [0.2, 0.25) is 0 Å². The maximum atomic E-state index is 10.4. The Morgan fingerprint density at radius 2 is 1.10 bits per heavy atom. The molecule has 170 valence electrons. The van der Waals surface area contributed by atoms with Gasteiger partial charge < -0.3 is 64.2 Å². The van der Waals surface area contributed by atoms with E-state index in [1.54, 1.807) is 0 Å². The van der Waals surface area contributed by atoms with Crippen LogP contribution in [0.5, 0.6) is 0 Å². The molecule has 0 bridgehead atoms. The van der Waals surface area contributed by atoms with Crippen LogP contribution in [0.3, 0.4) is 0 Å². The molecule has 3 aliphatic rings. The molecule has 7 N–H and O–H groups in total. The van der Waals surface area contributed by atoms with Gasteiger partial charge in [0.15, 0.2) is 18.9 Å². The Hall–Kier alpha value is -0.520. The largest absolute Gasteiger partial charge is 0.388 e. The molecule has 3 fully saturated rings. The number of aliphatic hydroxyl groups is 7. The quantitative estimate of drug-likeness (QED) is 0.220. The summed E-state index contributed by atoms with van der Waals surface area (Å²) >= 11 is 0. The van der Waals surface area contributed by atoms with E-state index in [0.717, 1.165) is 0 Å². The minimum atomic E-state index is -1.63. The lowest BCUT2D eigenvalue weighted by atomic mass is 10.0. The highest BCUT2D eigenvalue weighted by atomic mass is 16.8. The average molecular weight is 428 g/mol. The molecule has 29 heavy (non-hydrogen) atoms. The van der Waals surface area contributed by atoms with Crippen LogP contribution in [0.15, 0.2) is 0 Å². The fraction of sp³-hybridized carbons (Fsp3) is 1.00. The lowest BCUT2D eigenvalue weighted by Gasteiger charge is -2.44. The predicted octanol–water partition coefficient (Wildman–Crippen LogP) is -5.00. The second-order valence-electron chi connectivity index (χ2n) is 7.20. The van der Waals surface area contributed by atoms with E-state index in [9.17, 15) is 35.7 Å². The topological polar surface area (TPSA) is 197 Å². The Morgan fingerprint density at radius 1 is 0.586 bits per heavy atom. The number of rotatable bonds is 5. The molecule has 3 aliphatic heterocycles. The van der Waals surface area contributed by atoms with Crippen LogP contribution in [0.1, 0.15) is 0 Å². The molecule has 0 aromatic carbocycles. The number of hydrogen-bond acceptors (Lipinski definition) is 13. The standard InChI is InChI=1S/C16H28O13/c1-24-16-13(9(20)6(18)3-26-16)29-15-12(23)10(21)7(4-27-15)28-14-11(22)8(19)5(17)2-25-14/h5-23H,2-4H2,1H3/t5-,6-,7-,8-,9-,10-,11+,12+,13+,14+,15+,16-/m1/s1. The summed E-state index contributed by atoms with van der Waals surface area (Å²) in [5.41, 5.74) is 0. The van der Waals surface area contributed by atoms with Gasteiger partial charge in [0.25, 0.3) is 0 Å². The molecule has 13 nitrogen and oxygen atoms in total. The van der Waals surface area contributed by atoms with Gasteiger partial charge in [-0.3, -0.25) is 0 Å². The highest BCUT2D eigenvalue weighted by Gasteiger charge is 2.48. The molecule has 0 saturated carbocycles. The number of hydrogen-bond donors (Lipinski definition) is 7. The molecule has 0 aromatic rings. The van der Waals surface area contributed by atoms with Crippen LogP contribution in [0.4, 0.5) is 0 Å². The maximum Gasteiger partial charge on any atom is 0.186 e. The summed E-state index contributed by atoms with van der Waals surface area (Å²) in [5, 5.41) is 69.6. The molecule has 0 aromatic heterocycles. The van der Waals surface area contributed by atoms with Crippen LogP contribution >= 0.6 is 0 Å². The Labute approximate surface area is 165 Å². The predicted molar refractivity (Wildman–Crippen MR) is 88.0 cm³/mol. The van der Waals surface area contributed by atoms with Gasteiger partial charge in [0.05, 0.1) is 19.8 Å². The van der Waals surface area contributed by atoms with E-state index in [0.29, 0.717) is 0 Å². The van der Waals surface area contributed by atoms with Crippen LogP contribution in [0.2, 0.25) is 0 Å². The monoisotopic (exact) mass is 428 g/mol. The van der Waals surface area contributed by atoms with E-state index in [1.165, 1.54) is 7.11 Å². The molecule has 0 unspecified atom stereocenters. The fourth-order valence-electron chi connectivity index (χ4n) is 3.35. The van der Waals surface area contributed by atoms with Crippen LogP contribution in [0, 0.1) is 0 Å². The Bertz CT molecular complexity index is 521. The molecule has 0 spiro atoms. The van der Waals surface area contributed by atoms with Crippen molar-refractivity contribution in [2.24, 2.45) is 0 Å². The smallest absolute Gasteiger partial charge is 0.186 e. The molecule has 0 radical (unpaired) electrons. The maximum absolute atomic E-state index is 10.4. The van der Waals surface area contributed by atoms with E-state index in [1.807, 2.05) is 0 Å². The second-order valence-corrected chi connectivity index (χ2v) is 7.20. The van der Waals surface area contributed by atoms with Crippen LogP contribution < -0.4 is 0 Å². The first-order chi connectivity index (χ1) is 13.7. The Kier molecular flexibility index (Phi) is 7.77. The van der Waals surface area contributed by atoms with E-state index >= 15 is 0 Å². The summed E-state index contributed by atoms with van der Waals surface area (Å²) < 4.78 is 31.6. The minimum absolute atomic E-state index is 0.170. The van der Waals surface area contributed by atoms with Gasteiger partial charge in [0.1, 0.15) is 54.9 Å². The van der Waals surface area contributed by atoms with E-state index in [-0.39, 0.29) is 19.8 Å². The lowest BCUT2D eigenvalue weighted by molar-refractivity contribution is -0.356. The lowest BCUT2D eigenvalue weighted by Crippen LogP contribution is -2.62. The molecule has 0 aliphatic carbocycles. The summed E-state index contributed by atoms with van der Waals surface area (Å²) in [6.45, 7) is -0.754. The van der Waals surface area contributed by atoms with Crippen molar-refractivity contribution in [2.75, 3.05) is 26.9 Å². The third-order valence-corrected chi connectivity index (χ3v) is 5.15. The summed E-state index contributed by atoms with van der Waals surface area (Å²) in [6.07, 6.45) is -16.3. The van der Waals surface area contributed by atoms with E-state index in [4.69, 9.17) is 28.4 Å². The first-order valence-corrected chi connectivity index (χ1v) is 9.19. The van der Waals surface area contributed by atoms with Crippen molar-refractivity contribution in [3.63, 3.8) is 0 Å². The molecule has 12 atom stereocenters. The third-order valence-electron chi connectivity index (χ3n) is 5.15. The van der Waals surface area contributed by atoms with Gasteiger partial charge >= 0.3 is 0 Å². The average Bonchev–Trinajstić information content (AvgIpc) is 2.71. The van der Waals surface area contributed by atoms with Gasteiger partial charge in [-0.25, -0.2) is 0 Å². The summed E-state index contributed by atoms with van der Waals surface area (Å²) in [7, 11) is 1.31. The summed E-state index contributed by atoms with van der Waals surface area (Å²) in [6, 6.07) is 0. The van der Waals surface area contributed by atoms with Gasteiger partial charge in [-0.1, -0.05) is 0 Å². The number of aliphatic hydroxyl groups excluding tert-OH is 7. The van der Waals surface area contributed by atoms with Crippen LogP contribution in [0.25, 0.3) is 0 Å². The van der Waals surface area contributed by atoms with E-state index in [2.05, 4.69) is 0 Å². The normalized spacial score (nSPS) is 51.7.